The van der Waals surface area contributed by atoms with E-state index in [1.807, 2.05) is 22.9 Å². The van der Waals surface area contributed by atoms with E-state index in [4.69, 9.17) is 0 Å². The van der Waals surface area contributed by atoms with Crippen LogP contribution in [0.4, 0.5) is 0 Å². The largest absolute Gasteiger partial charge is 0.244 e. The molecule has 0 aliphatic rings. The van der Waals surface area contributed by atoms with E-state index < -0.39 is 0 Å². The minimum atomic E-state index is 0.821. The van der Waals surface area contributed by atoms with Gasteiger partial charge in [0.15, 0.2) is 5.65 Å². The Bertz CT molecular complexity index is 690. The van der Waals surface area contributed by atoms with Crippen molar-refractivity contribution in [2.75, 3.05) is 0 Å². The first-order chi connectivity index (χ1) is 8.25. The quantitative estimate of drug-likeness (QED) is 0.692. The predicted molar refractivity (Wildman–Crippen MR) is 69.1 cm³/mol. The molecule has 0 N–H and O–H groups in total. The number of nitrogens with zero attached hydrogens (tertiary/aromatic N) is 4. The topological polar surface area (TPSA) is 43.6 Å². The third-order valence-electron chi connectivity index (χ3n) is 2.63. The van der Waals surface area contributed by atoms with Crippen LogP contribution in [-0.4, -0.2) is 19.7 Å². The Hall–Kier alpha value is -1.75. The highest BCUT2D eigenvalue weighted by atomic mass is 79.9. The van der Waals surface area contributed by atoms with E-state index in [1.165, 1.54) is 6.33 Å². The molecular weight excluding hydrogens is 280 g/mol. The summed E-state index contributed by atoms with van der Waals surface area (Å²) in [7, 11) is 0. The number of aromatic nitrogens is 4. The zero-order chi connectivity index (χ0) is 11.8. The van der Waals surface area contributed by atoms with Crippen LogP contribution in [0.2, 0.25) is 0 Å². The Labute approximate surface area is 106 Å². The van der Waals surface area contributed by atoms with Gasteiger partial charge in [0.25, 0.3) is 0 Å². The van der Waals surface area contributed by atoms with Crippen LogP contribution in [0.3, 0.4) is 0 Å². The van der Waals surface area contributed by atoms with E-state index in [-0.39, 0.29) is 0 Å². The van der Waals surface area contributed by atoms with E-state index in [9.17, 15) is 0 Å². The Morgan fingerprint density at radius 1 is 1.24 bits per heavy atom. The summed E-state index contributed by atoms with van der Waals surface area (Å²) in [5.74, 6) is 0. The van der Waals surface area contributed by atoms with E-state index in [0.29, 0.717) is 0 Å². The number of hydrogen-bond acceptors (Lipinski definition) is 3. The molecule has 0 spiro atoms. The average molecular weight is 289 g/mol. The molecule has 0 unspecified atom stereocenters. The van der Waals surface area contributed by atoms with Crippen LogP contribution in [0.15, 0.2) is 41.4 Å². The Morgan fingerprint density at radius 2 is 2.12 bits per heavy atom. The third-order valence-corrected chi connectivity index (χ3v) is 3.12. The molecule has 0 saturated heterocycles. The van der Waals surface area contributed by atoms with Crippen molar-refractivity contribution in [3.8, 4) is 5.69 Å². The highest BCUT2D eigenvalue weighted by molar-refractivity contribution is 9.10. The number of halogens is 1. The van der Waals surface area contributed by atoms with Crippen molar-refractivity contribution in [3.63, 3.8) is 0 Å². The standard InChI is InChI=1S/C12H9BrN4/c1-8-2-3-10(13)4-11(8)17-12-9(6-16-17)5-14-7-15-12/h2-7H,1H3. The summed E-state index contributed by atoms with van der Waals surface area (Å²) in [5, 5.41) is 5.30. The Balaban J connectivity index is 2.31. The first-order valence-corrected chi connectivity index (χ1v) is 5.95. The Morgan fingerprint density at radius 3 is 3.00 bits per heavy atom. The second-order valence-electron chi connectivity index (χ2n) is 3.79. The molecule has 5 heteroatoms. The molecule has 0 atom stereocenters. The van der Waals surface area contributed by atoms with Crippen LogP contribution >= 0.6 is 15.9 Å². The molecule has 0 aliphatic heterocycles. The van der Waals surface area contributed by atoms with Gasteiger partial charge >= 0.3 is 0 Å². The maximum Gasteiger partial charge on any atom is 0.166 e. The predicted octanol–water partition coefficient (Wildman–Crippen LogP) is 2.89. The summed E-state index contributed by atoms with van der Waals surface area (Å²) < 4.78 is 2.85. The summed E-state index contributed by atoms with van der Waals surface area (Å²) in [6.45, 7) is 2.05. The highest BCUT2D eigenvalue weighted by Crippen LogP contribution is 2.22. The van der Waals surface area contributed by atoms with Gasteiger partial charge in [-0.2, -0.15) is 5.10 Å². The number of aryl methyl sites for hydroxylation is 1. The minimum Gasteiger partial charge on any atom is -0.244 e. The van der Waals surface area contributed by atoms with Crippen molar-refractivity contribution in [2.24, 2.45) is 0 Å². The lowest BCUT2D eigenvalue weighted by Crippen LogP contribution is -2.00. The van der Waals surface area contributed by atoms with Gasteiger partial charge in [-0.3, -0.25) is 0 Å². The minimum absolute atomic E-state index is 0.821. The fraction of sp³-hybridized carbons (Fsp3) is 0.0833. The fourth-order valence-corrected chi connectivity index (χ4v) is 2.11. The van der Waals surface area contributed by atoms with Gasteiger partial charge in [0.05, 0.1) is 17.3 Å². The molecule has 3 aromatic rings. The zero-order valence-corrected chi connectivity index (χ0v) is 10.7. The highest BCUT2D eigenvalue weighted by Gasteiger charge is 2.08. The van der Waals surface area contributed by atoms with Crippen LogP contribution in [-0.2, 0) is 0 Å². The average Bonchev–Trinajstić information content (AvgIpc) is 2.76. The molecule has 3 rings (SSSR count). The molecule has 0 amide bonds. The normalized spacial score (nSPS) is 10.9. The van der Waals surface area contributed by atoms with E-state index in [0.717, 1.165) is 26.8 Å². The van der Waals surface area contributed by atoms with Gasteiger partial charge in [-0.25, -0.2) is 14.6 Å². The van der Waals surface area contributed by atoms with Gasteiger partial charge in [0.2, 0.25) is 0 Å². The smallest absolute Gasteiger partial charge is 0.166 e. The molecular formula is C12H9BrN4. The summed E-state index contributed by atoms with van der Waals surface area (Å²) in [6, 6.07) is 6.09. The van der Waals surface area contributed by atoms with Gasteiger partial charge in [0, 0.05) is 10.7 Å². The lowest BCUT2D eigenvalue weighted by molar-refractivity contribution is 0.886. The van der Waals surface area contributed by atoms with Crippen LogP contribution in [0.1, 0.15) is 5.56 Å². The molecule has 4 nitrogen and oxygen atoms in total. The molecule has 2 aromatic heterocycles. The van der Waals surface area contributed by atoms with Crippen molar-refractivity contribution in [1.29, 1.82) is 0 Å². The summed E-state index contributed by atoms with van der Waals surface area (Å²) in [4.78, 5) is 8.25. The van der Waals surface area contributed by atoms with Gasteiger partial charge in [-0.05, 0) is 24.6 Å². The monoisotopic (exact) mass is 288 g/mol. The van der Waals surface area contributed by atoms with Crippen molar-refractivity contribution >= 4 is 27.0 Å². The van der Waals surface area contributed by atoms with Gasteiger partial charge in [-0.15, -0.1) is 0 Å². The van der Waals surface area contributed by atoms with Crippen molar-refractivity contribution in [1.82, 2.24) is 19.7 Å². The van der Waals surface area contributed by atoms with Gasteiger partial charge in [0.1, 0.15) is 6.33 Å². The van der Waals surface area contributed by atoms with Crippen LogP contribution in [0.5, 0.6) is 0 Å². The third kappa shape index (κ3) is 1.72. The first-order valence-electron chi connectivity index (χ1n) is 5.16. The molecule has 0 fully saturated rings. The van der Waals surface area contributed by atoms with E-state index in [1.54, 1.807) is 12.4 Å². The van der Waals surface area contributed by atoms with Crippen LogP contribution < -0.4 is 0 Å². The number of fused-ring (bicyclic) bond motifs is 1. The van der Waals surface area contributed by atoms with Crippen LogP contribution in [0.25, 0.3) is 16.7 Å². The van der Waals surface area contributed by atoms with E-state index in [2.05, 4.69) is 37.9 Å². The summed E-state index contributed by atoms with van der Waals surface area (Å²) in [5.41, 5.74) is 2.99. The van der Waals surface area contributed by atoms with Gasteiger partial charge < -0.3 is 0 Å². The van der Waals surface area contributed by atoms with E-state index >= 15 is 0 Å². The lowest BCUT2D eigenvalue weighted by Gasteiger charge is -2.07. The fourth-order valence-electron chi connectivity index (χ4n) is 1.76. The second-order valence-corrected chi connectivity index (χ2v) is 4.70. The van der Waals surface area contributed by atoms with Crippen molar-refractivity contribution in [3.05, 3.63) is 47.0 Å². The maximum atomic E-state index is 4.36. The lowest BCUT2D eigenvalue weighted by atomic mass is 10.2. The molecule has 17 heavy (non-hydrogen) atoms. The summed E-state index contributed by atoms with van der Waals surface area (Å²) in [6.07, 6.45) is 5.07. The molecule has 0 aliphatic carbocycles. The Kier molecular flexibility index (Phi) is 2.40. The molecule has 0 saturated carbocycles. The number of rotatable bonds is 1. The van der Waals surface area contributed by atoms with Crippen LogP contribution in [0, 0.1) is 6.92 Å². The van der Waals surface area contributed by atoms with Crippen molar-refractivity contribution in [2.45, 2.75) is 6.92 Å². The molecule has 2 heterocycles. The SMILES string of the molecule is Cc1ccc(Br)cc1-n1ncc2cncnc21. The first kappa shape index (κ1) is 10.4. The molecule has 84 valence electrons. The molecule has 0 bridgehead atoms. The molecule has 0 radical (unpaired) electrons. The molecule has 1 aromatic carbocycles. The van der Waals surface area contributed by atoms with Gasteiger partial charge in [-0.1, -0.05) is 22.0 Å². The van der Waals surface area contributed by atoms with Crippen molar-refractivity contribution < 1.29 is 0 Å². The number of benzene rings is 1. The summed E-state index contributed by atoms with van der Waals surface area (Å²) >= 11 is 3.47. The maximum absolute atomic E-state index is 4.36. The zero-order valence-electron chi connectivity index (χ0n) is 9.13. The number of hydrogen-bond donors (Lipinski definition) is 0. The second kappa shape index (κ2) is 3.92.